The second-order valence-corrected chi connectivity index (χ2v) is 5.64. The Kier molecular flexibility index (Phi) is 5.76. The van der Waals surface area contributed by atoms with Crippen LogP contribution in [0.25, 0.3) is 0 Å². The number of ether oxygens (including phenoxy) is 1. The highest BCUT2D eigenvalue weighted by molar-refractivity contribution is 5.78. The number of nitrogens with one attached hydrogen (secondary N) is 1. The maximum absolute atomic E-state index is 12.3. The molecule has 1 amide bonds. The van der Waals surface area contributed by atoms with Crippen LogP contribution in [0.3, 0.4) is 0 Å². The van der Waals surface area contributed by atoms with Crippen LogP contribution in [0.1, 0.15) is 33.2 Å². The Balaban J connectivity index is 1.78. The van der Waals surface area contributed by atoms with Crippen molar-refractivity contribution < 1.29 is 9.53 Å². The van der Waals surface area contributed by atoms with Gasteiger partial charge >= 0.3 is 0 Å². The molecule has 0 spiro atoms. The third-order valence-electron chi connectivity index (χ3n) is 4.19. The summed E-state index contributed by atoms with van der Waals surface area (Å²) in [6.07, 6.45) is 4.85. The van der Waals surface area contributed by atoms with E-state index in [-0.39, 0.29) is 24.1 Å². The Hall–Kier alpha value is -1.40. The van der Waals surface area contributed by atoms with Gasteiger partial charge in [-0.15, -0.1) is 0 Å². The molecule has 118 valence electrons. The van der Waals surface area contributed by atoms with Gasteiger partial charge in [0.15, 0.2) is 0 Å². The molecule has 1 aliphatic rings. The lowest BCUT2D eigenvalue weighted by Crippen LogP contribution is -2.49. The van der Waals surface area contributed by atoms with E-state index >= 15 is 0 Å². The van der Waals surface area contributed by atoms with Crippen LogP contribution in [-0.4, -0.2) is 59.0 Å². The van der Waals surface area contributed by atoms with Crippen molar-refractivity contribution in [3.8, 4) is 0 Å². The average molecular weight is 294 g/mol. The van der Waals surface area contributed by atoms with Crippen molar-refractivity contribution in [2.75, 3.05) is 26.2 Å². The zero-order valence-corrected chi connectivity index (χ0v) is 13.2. The van der Waals surface area contributed by atoms with E-state index in [2.05, 4.69) is 31.2 Å². The van der Waals surface area contributed by atoms with Crippen LogP contribution in [0.4, 0.5) is 0 Å². The Morgan fingerprint density at radius 2 is 2.33 bits per heavy atom. The van der Waals surface area contributed by atoms with Crippen LogP contribution in [0, 0.1) is 0 Å². The molecule has 21 heavy (non-hydrogen) atoms. The lowest BCUT2D eigenvalue weighted by atomic mass is 10.1. The molecule has 1 aromatic rings. The van der Waals surface area contributed by atoms with Gasteiger partial charge < -0.3 is 15.0 Å². The van der Waals surface area contributed by atoms with Gasteiger partial charge in [-0.1, -0.05) is 6.92 Å². The number of morpholine rings is 1. The summed E-state index contributed by atoms with van der Waals surface area (Å²) < 4.78 is 7.50. The molecule has 6 nitrogen and oxygen atoms in total. The van der Waals surface area contributed by atoms with Gasteiger partial charge in [-0.3, -0.25) is 9.48 Å². The molecule has 1 aliphatic heterocycles. The second kappa shape index (κ2) is 7.56. The number of nitrogens with zero attached hydrogens (tertiary/aromatic N) is 3. The standard InChI is InChI=1S/C15H26N4O2/c1-4-14-11-18(8-9-21-14)15(20)10-16-12(2)13(3)19-7-5-6-17-19/h5-7,12-14,16H,4,8-11H2,1-3H3. The van der Waals surface area contributed by atoms with E-state index in [0.717, 1.165) is 6.42 Å². The van der Waals surface area contributed by atoms with Crippen molar-refractivity contribution >= 4 is 5.91 Å². The highest BCUT2D eigenvalue weighted by atomic mass is 16.5. The summed E-state index contributed by atoms with van der Waals surface area (Å²) in [7, 11) is 0. The molecule has 1 aromatic heterocycles. The SMILES string of the molecule is CCC1CN(C(=O)CNC(C)C(C)n2cccn2)CCO1. The molecular weight excluding hydrogens is 268 g/mol. The quantitative estimate of drug-likeness (QED) is 0.852. The first-order valence-corrected chi connectivity index (χ1v) is 7.73. The summed E-state index contributed by atoms with van der Waals surface area (Å²) in [5.41, 5.74) is 0. The second-order valence-electron chi connectivity index (χ2n) is 5.64. The van der Waals surface area contributed by atoms with Gasteiger partial charge in [-0.05, 0) is 26.3 Å². The lowest BCUT2D eigenvalue weighted by Gasteiger charge is -2.33. The lowest BCUT2D eigenvalue weighted by molar-refractivity contribution is -0.138. The minimum Gasteiger partial charge on any atom is -0.375 e. The average Bonchev–Trinajstić information content (AvgIpc) is 3.05. The van der Waals surface area contributed by atoms with Gasteiger partial charge in [0.05, 0.1) is 25.3 Å². The Bertz CT molecular complexity index is 435. The van der Waals surface area contributed by atoms with E-state index in [1.165, 1.54) is 0 Å². The van der Waals surface area contributed by atoms with Crippen LogP contribution < -0.4 is 5.32 Å². The fourth-order valence-electron chi connectivity index (χ4n) is 2.47. The van der Waals surface area contributed by atoms with Gasteiger partial charge in [0, 0.05) is 31.5 Å². The molecule has 0 aromatic carbocycles. The summed E-state index contributed by atoms with van der Waals surface area (Å²) in [4.78, 5) is 14.2. The molecule has 3 atom stereocenters. The predicted octanol–water partition coefficient (Wildman–Crippen LogP) is 1.06. The van der Waals surface area contributed by atoms with Crippen LogP contribution in [0.15, 0.2) is 18.5 Å². The maximum atomic E-state index is 12.3. The number of hydrogen-bond donors (Lipinski definition) is 1. The van der Waals surface area contributed by atoms with Crippen molar-refractivity contribution in [2.45, 2.75) is 45.4 Å². The molecule has 6 heteroatoms. The highest BCUT2D eigenvalue weighted by Crippen LogP contribution is 2.10. The zero-order valence-electron chi connectivity index (χ0n) is 13.2. The van der Waals surface area contributed by atoms with Gasteiger partial charge in [0.1, 0.15) is 0 Å². The van der Waals surface area contributed by atoms with E-state index in [9.17, 15) is 4.79 Å². The van der Waals surface area contributed by atoms with E-state index in [4.69, 9.17) is 4.74 Å². The summed E-state index contributed by atoms with van der Waals surface area (Å²) in [6, 6.07) is 2.30. The number of hydrogen-bond acceptors (Lipinski definition) is 4. The van der Waals surface area contributed by atoms with Crippen molar-refractivity contribution in [3.05, 3.63) is 18.5 Å². The van der Waals surface area contributed by atoms with Gasteiger partial charge in [0.2, 0.25) is 5.91 Å². The smallest absolute Gasteiger partial charge is 0.236 e. The van der Waals surface area contributed by atoms with E-state index < -0.39 is 0 Å². The zero-order chi connectivity index (χ0) is 15.2. The van der Waals surface area contributed by atoms with Crippen molar-refractivity contribution in [3.63, 3.8) is 0 Å². The minimum absolute atomic E-state index is 0.149. The Morgan fingerprint density at radius 1 is 1.52 bits per heavy atom. The van der Waals surface area contributed by atoms with Crippen LogP contribution in [0.2, 0.25) is 0 Å². The number of rotatable bonds is 6. The topological polar surface area (TPSA) is 59.4 Å². The molecule has 3 unspecified atom stereocenters. The molecule has 0 bridgehead atoms. The molecule has 0 aliphatic carbocycles. The highest BCUT2D eigenvalue weighted by Gasteiger charge is 2.23. The van der Waals surface area contributed by atoms with Crippen LogP contribution >= 0.6 is 0 Å². The third-order valence-corrected chi connectivity index (χ3v) is 4.19. The number of amides is 1. The molecular formula is C15H26N4O2. The fourth-order valence-corrected chi connectivity index (χ4v) is 2.47. The number of carbonyl (C=O) groups excluding carboxylic acids is 1. The van der Waals surface area contributed by atoms with Gasteiger partial charge in [-0.25, -0.2) is 0 Å². The Labute approximate surface area is 126 Å². The molecule has 2 rings (SSSR count). The first kappa shape index (κ1) is 16.0. The maximum Gasteiger partial charge on any atom is 0.236 e. The van der Waals surface area contributed by atoms with E-state index in [0.29, 0.717) is 26.2 Å². The summed E-state index contributed by atoms with van der Waals surface area (Å²) in [5, 5.41) is 7.55. The summed E-state index contributed by atoms with van der Waals surface area (Å²) >= 11 is 0. The van der Waals surface area contributed by atoms with E-state index in [1.807, 2.05) is 21.8 Å². The first-order valence-electron chi connectivity index (χ1n) is 7.73. The van der Waals surface area contributed by atoms with Crippen molar-refractivity contribution in [1.29, 1.82) is 0 Å². The van der Waals surface area contributed by atoms with Crippen molar-refractivity contribution in [1.82, 2.24) is 20.0 Å². The van der Waals surface area contributed by atoms with Gasteiger partial charge in [-0.2, -0.15) is 5.10 Å². The molecule has 0 radical (unpaired) electrons. The number of aromatic nitrogens is 2. The van der Waals surface area contributed by atoms with Crippen LogP contribution in [-0.2, 0) is 9.53 Å². The van der Waals surface area contributed by atoms with Crippen molar-refractivity contribution in [2.24, 2.45) is 0 Å². The molecule has 0 saturated carbocycles. The molecule has 1 saturated heterocycles. The predicted molar refractivity (Wildman–Crippen MR) is 81.0 cm³/mol. The number of carbonyl (C=O) groups is 1. The van der Waals surface area contributed by atoms with E-state index in [1.54, 1.807) is 6.20 Å². The summed E-state index contributed by atoms with van der Waals surface area (Å²) in [5.74, 6) is 0.149. The van der Waals surface area contributed by atoms with Crippen LogP contribution in [0.5, 0.6) is 0 Å². The minimum atomic E-state index is 0.149. The monoisotopic (exact) mass is 294 g/mol. The van der Waals surface area contributed by atoms with Gasteiger partial charge in [0.25, 0.3) is 0 Å². The molecule has 1 fully saturated rings. The first-order chi connectivity index (χ1) is 10.1. The third kappa shape index (κ3) is 4.28. The summed E-state index contributed by atoms with van der Waals surface area (Å²) in [6.45, 7) is 8.67. The molecule has 1 N–H and O–H groups in total. The Morgan fingerprint density at radius 3 is 3.00 bits per heavy atom. The molecule has 2 heterocycles. The normalized spacial score (nSPS) is 22.0. The largest absolute Gasteiger partial charge is 0.375 e. The fraction of sp³-hybridized carbons (Fsp3) is 0.733.